The second-order valence-corrected chi connectivity index (χ2v) is 7.41. The van der Waals surface area contributed by atoms with Gasteiger partial charge in [-0.3, -0.25) is 9.59 Å². The molecule has 0 saturated heterocycles. The van der Waals surface area contributed by atoms with E-state index in [1.165, 1.54) is 12.1 Å². The summed E-state index contributed by atoms with van der Waals surface area (Å²) < 4.78 is 10.9. The molecule has 4 aromatic rings. The Bertz CT molecular complexity index is 1280. The second-order valence-electron chi connectivity index (χ2n) is 6.56. The Morgan fingerprint density at radius 2 is 1.65 bits per heavy atom. The van der Waals surface area contributed by atoms with Crippen molar-refractivity contribution in [1.29, 1.82) is 0 Å². The number of hydrogen-bond acceptors (Lipinski definition) is 4. The molecular formula is C23H16Cl2N2O4. The third-order valence-corrected chi connectivity index (χ3v) is 5.13. The number of carbonyl (C=O) groups excluding carboxylic acids is 2. The summed E-state index contributed by atoms with van der Waals surface area (Å²) in [6.45, 7) is 0. The lowest BCUT2D eigenvalue weighted by atomic mass is 10.1. The third-order valence-electron chi connectivity index (χ3n) is 4.56. The van der Waals surface area contributed by atoms with Gasteiger partial charge in [0.2, 0.25) is 5.76 Å². The lowest BCUT2D eigenvalue weighted by Crippen LogP contribution is -2.17. The number of methoxy groups -OCH3 is 1. The fourth-order valence-corrected chi connectivity index (χ4v) is 3.42. The largest absolute Gasteiger partial charge is 0.497 e. The first-order valence-corrected chi connectivity index (χ1v) is 9.95. The van der Waals surface area contributed by atoms with Crippen molar-refractivity contribution in [2.24, 2.45) is 0 Å². The van der Waals surface area contributed by atoms with Crippen LogP contribution in [-0.2, 0) is 0 Å². The number of anilines is 2. The summed E-state index contributed by atoms with van der Waals surface area (Å²) in [5.74, 6) is -0.414. The summed E-state index contributed by atoms with van der Waals surface area (Å²) in [6, 6.07) is 18.4. The van der Waals surface area contributed by atoms with Crippen LogP contribution in [0.2, 0.25) is 10.0 Å². The molecule has 1 aromatic heterocycles. The SMILES string of the molecule is COc1ccc(NC(=O)c2oc3ccccc3c2NC(=O)c2cc(Cl)ccc2Cl)cc1. The Morgan fingerprint density at radius 1 is 0.903 bits per heavy atom. The Balaban J connectivity index is 1.69. The van der Waals surface area contributed by atoms with Gasteiger partial charge in [0, 0.05) is 16.1 Å². The zero-order chi connectivity index (χ0) is 22.0. The minimum atomic E-state index is -0.520. The molecule has 0 radical (unpaired) electrons. The molecule has 0 aliphatic heterocycles. The molecule has 0 saturated carbocycles. The van der Waals surface area contributed by atoms with Crippen LogP contribution >= 0.6 is 23.2 Å². The molecule has 4 rings (SSSR count). The van der Waals surface area contributed by atoms with Gasteiger partial charge in [0.25, 0.3) is 11.8 Å². The molecule has 3 aromatic carbocycles. The van der Waals surface area contributed by atoms with Crippen molar-refractivity contribution in [3.63, 3.8) is 0 Å². The molecule has 0 aliphatic carbocycles. The Morgan fingerprint density at radius 3 is 2.39 bits per heavy atom. The van der Waals surface area contributed by atoms with Crippen LogP contribution in [0.4, 0.5) is 11.4 Å². The quantitative estimate of drug-likeness (QED) is 0.373. The van der Waals surface area contributed by atoms with E-state index in [1.807, 2.05) is 0 Å². The predicted octanol–water partition coefficient (Wildman–Crippen LogP) is 6.25. The molecule has 0 spiro atoms. The van der Waals surface area contributed by atoms with Crippen molar-refractivity contribution in [2.75, 3.05) is 17.7 Å². The van der Waals surface area contributed by atoms with Gasteiger partial charge in [-0.2, -0.15) is 0 Å². The van der Waals surface area contributed by atoms with Gasteiger partial charge in [-0.05, 0) is 54.6 Å². The van der Waals surface area contributed by atoms with Crippen LogP contribution in [0, 0.1) is 0 Å². The molecule has 0 aliphatic rings. The molecule has 0 atom stereocenters. The van der Waals surface area contributed by atoms with Crippen molar-refractivity contribution in [1.82, 2.24) is 0 Å². The first-order chi connectivity index (χ1) is 15.0. The third kappa shape index (κ3) is 4.35. The molecular weight excluding hydrogens is 439 g/mol. The molecule has 2 amide bonds. The van der Waals surface area contributed by atoms with Crippen molar-refractivity contribution in [3.8, 4) is 5.75 Å². The monoisotopic (exact) mass is 454 g/mol. The highest BCUT2D eigenvalue weighted by Crippen LogP contribution is 2.33. The van der Waals surface area contributed by atoms with Gasteiger partial charge < -0.3 is 19.8 Å². The number of hydrogen-bond donors (Lipinski definition) is 2. The molecule has 0 fully saturated rings. The van der Waals surface area contributed by atoms with Crippen LogP contribution in [-0.4, -0.2) is 18.9 Å². The normalized spacial score (nSPS) is 10.7. The number of halogens is 2. The average Bonchev–Trinajstić information content (AvgIpc) is 3.14. The average molecular weight is 455 g/mol. The molecule has 0 unspecified atom stereocenters. The maximum absolute atomic E-state index is 13.0. The summed E-state index contributed by atoms with van der Waals surface area (Å²) in [5.41, 5.74) is 1.42. The summed E-state index contributed by atoms with van der Waals surface area (Å²) in [4.78, 5) is 25.9. The summed E-state index contributed by atoms with van der Waals surface area (Å²) in [5, 5.41) is 6.68. The van der Waals surface area contributed by atoms with Gasteiger partial charge in [-0.1, -0.05) is 35.3 Å². The lowest BCUT2D eigenvalue weighted by Gasteiger charge is -2.09. The minimum absolute atomic E-state index is 0.0384. The van der Waals surface area contributed by atoms with Crippen LogP contribution < -0.4 is 15.4 Å². The van der Waals surface area contributed by atoms with Crippen LogP contribution in [0.1, 0.15) is 20.9 Å². The van der Waals surface area contributed by atoms with E-state index in [0.717, 1.165) is 0 Å². The molecule has 31 heavy (non-hydrogen) atoms. The first-order valence-electron chi connectivity index (χ1n) is 9.19. The van der Waals surface area contributed by atoms with E-state index in [-0.39, 0.29) is 22.0 Å². The van der Waals surface area contributed by atoms with E-state index in [0.29, 0.717) is 27.4 Å². The topological polar surface area (TPSA) is 80.6 Å². The van der Waals surface area contributed by atoms with E-state index < -0.39 is 11.8 Å². The van der Waals surface area contributed by atoms with Crippen LogP contribution in [0.5, 0.6) is 5.75 Å². The lowest BCUT2D eigenvalue weighted by molar-refractivity contribution is 0.0999. The number of rotatable bonds is 5. The fourth-order valence-electron chi connectivity index (χ4n) is 3.04. The summed E-state index contributed by atoms with van der Waals surface area (Å²) in [6.07, 6.45) is 0. The van der Waals surface area contributed by atoms with Crippen molar-refractivity contribution in [3.05, 3.63) is 88.1 Å². The molecule has 1 heterocycles. The van der Waals surface area contributed by atoms with E-state index in [9.17, 15) is 9.59 Å². The smallest absolute Gasteiger partial charge is 0.293 e. The Kier molecular flexibility index (Phi) is 5.84. The standard InChI is InChI=1S/C23H16Cl2N2O4/c1-30-15-9-7-14(8-10-15)26-23(29)21-20(16-4-2-3-5-19(16)31-21)27-22(28)17-12-13(24)6-11-18(17)25/h2-12H,1H3,(H,26,29)(H,27,28). The molecule has 156 valence electrons. The highest BCUT2D eigenvalue weighted by Gasteiger charge is 2.23. The van der Waals surface area contributed by atoms with Crippen molar-refractivity contribution in [2.45, 2.75) is 0 Å². The van der Waals surface area contributed by atoms with Crippen LogP contribution in [0.25, 0.3) is 11.0 Å². The van der Waals surface area contributed by atoms with E-state index in [4.69, 9.17) is 32.4 Å². The van der Waals surface area contributed by atoms with Crippen molar-refractivity contribution < 1.29 is 18.7 Å². The number of carbonyl (C=O) groups is 2. The van der Waals surface area contributed by atoms with Gasteiger partial charge in [-0.15, -0.1) is 0 Å². The van der Waals surface area contributed by atoms with E-state index in [1.54, 1.807) is 61.7 Å². The first kappa shape index (κ1) is 20.8. The van der Waals surface area contributed by atoms with Gasteiger partial charge in [-0.25, -0.2) is 0 Å². The number of nitrogens with one attached hydrogen (secondary N) is 2. The molecule has 8 heteroatoms. The van der Waals surface area contributed by atoms with Crippen LogP contribution in [0.15, 0.2) is 71.1 Å². The van der Waals surface area contributed by atoms with Gasteiger partial charge in [0.05, 0.1) is 17.7 Å². The highest BCUT2D eigenvalue weighted by atomic mass is 35.5. The molecule has 0 bridgehead atoms. The summed E-state index contributed by atoms with van der Waals surface area (Å²) >= 11 is 12.2. The maximum Gasteiger partial charge on any atom is 0.293 e. The van der Waals surface area contributed by atoms with Crippen molar-refractivity contribution >= 4 is 57.4 Å². The highest BCUT2D eigenvalue weighted by molar-refractivity contribution is 6.36. The fraction of sp³-hybridized carbons (Fsp3) is 0.0435. The predicted molar refractivity (Wildman–Crippen MR) is 122 cm³/mol. The van der Waals surface area contributed by atoms with Gasteiger partial charge >= 0.3 is 0 Å². The number of benzene rings is 3. The van der Waals surface area contributed by atoms with E-state index in [2.05, 4.69) is 10.6 Å². The van der Waals surface area contributed by atoms with Gasteiger partial charge in [0.1, 0.15) is 17.0 Å². The summed E-state index contributed by atoms with van der Waals surface area (Å²) in [7, 11) is 1.56. The Hall–Kier alpha value is -3.48. The minimum Gasteiger partial charge on any atom is -0.497 e. The molecule has 6 nitrogen and oxygen atoms in total. The molecule has 2 N–H and O–H groups in total. The van der Waals surface area contributed by atoms with E-state index >= 15 is 0 Å². The van der Waals surface area contributed by atoms with Gasteiger partial charge in [0.15, 0.2) is 0 Å². The number of para-hydroxylation sites is 1. The number of amides is 2. The maximum atomic E-state index is 13.0. The van der Waals surface area contributed by atoms with Crippen LogP contribution in [0.3, 0.4) is 0 Å². The number of ether oxygens (including phenoxy) is 1. The second kappa shape index (κ2) is 8.71. The number of furan rings is 1. The Labute approximate surface area is 187 Å². The number of fused-ring (bicyclic) bond motifs is 1. The zero-order valence-electron chi connectivity index (χ0n) is 16.2. The zero-order valence-corrected chi connectivity index (χ0v) is 17.8.